The third-order valence-electron chi connectivity index (χ3n) is 2.67. The van der Waals surface area contributed by atoms with Gasteiger partial charge in [-0.3, -0.25) is 0 Å². The van der Waals surface area contributed by atoms with Crippen LogP contribution in [0, 0.1) is 0 Å². The van der Waals surface area contributed by atoms with Gasteiger partial charge in [0.1, 0.15) is 0 Å². The molecule has 14 heavy (non-hydrogen) atoms. The molecule has 0 radical (unpaired) electrons. The number of ether oxygens (including phenoxy) is 1. The van der Waals surface area contributed by atoms with Gasteiger partial charge in [-0.1, -0.05) is 24.3 Å². The van der Waals surface area contributed by atoms with Crippen molar-refractivity contribution in [3.05, 3.63) is 35.4 Å². The summed E-state index contributed by atoms with van der Waals surface area (Å²) < 4.78 is 5.65. The van der Waals surface area contributed by atoms with Crippen LogP contribution >= 0.6 is 12.4 Å². The van der Waals surface area contributed by atoms with Crippen LogP contribution in [0.1, 0.15) is 30.2 Å². The molecule has 1 aromatic rings. The van der Waals surface area contributed by atoms with Gasteiger partial charge >= 0.3 is 0 Å². The molecule has 2 nitrogen and oxygen atoms in total. The molecule has 0 aromatic heterocycles. The molecule has 0 unspecified atom stereocenters. The van der Waals surface area contributed by atoms with E-state index >= 15 is 0 Å². The third-order valence-corrected chi connectivity index (χ3v) is 2.67. The Hall–Kier alpha value is -0.570. The van der Waals surface area contributed by atoms with Crippen molar-refractivity contribution in [2.45, 2.75) is 19.1 Å². The predicted molar refractivity (Wildman–Crippen MR) is 59.9 cm³/mol. The first kappa shape index (κ1) is 11.5. The Balaban J connectivity index is 0.000000980. The minimum absolute atomic E-state index is 0. The minimum atomic E-state index is 0. The maximum atomic E-state index is 5.65. The Morgan fingerprint density at radius 3 is 2.57 bits per heavy atom. The van der Waals surface area contributed by atoms with E-state index in [1.165, 1.54) is 11.1 Å². The monoisotopic (exact) mass is 213 g/mol. The van der Waals surface area contributed by atoms with Crippen LogP contribution in [0.5, 0.6) is 0 Å². The number of hydrogen-bond donors (Lipinski definition) is 1. The lowest BCUT2D eigenvalue weighted by Gasteiger charge is -2.29. The van der Waals surface area contributed by atoms with Crippen molar-refractivity contribution in [1.29, 1.82) is 0 Å². The summed E-state index contributed by atoms with van der Waals surface area (Å²) in [5.74, 6) is 0. The second-order valence-electron chi connectivity index (χ2n) is 3.45. The fourth-order valence-electron chi connectivity index (χ4n) is 1.86. The molecule has 3 heteroatoms. The maximum absolute atomic E-state index is 5.65. The Bertz CT molecular complexity index is 303. The highest BCUT2D eigenvalue weighted by Crippen LogP contribution is 2.31. The molecule has 0 fully saturated rings. The predicted octanol–water partition coefficient (Wildman–Crippen LogP) is 2.46. The van der Waals surface area contributed by atoms with Gasteiger partial charge in [0.15, 0.2) is 0 Å². The van der Waals surface area contributed by atoms with Crippen molar-refractivity contribution in [2.75, 3.05) is 13.7 Å². The number of rotatable bonds is 1. The average molecular weight is 214 g/mol. The van der Waals surface area contributed by atoms with Gasteiger partial charge in [-0.15, -0.1) is 12.4 Å². The molecular weight excluding hydrogens is 198 g/mol. The van der Waals surface area contributed by atoms with Crippen LogP contribution in [0.25, 0.3) is 0 Å². The molecule has 1 aromatic carbocycles. The zero-order chi connectivity index (χ0) is 9.26. The standard InChI is InChI=1S/C11H15NO.ClH/c1-8-9-5-3-4-6-10(9)11(12-2)7-13-8;/h3-6,8,11-12H,7H2,1-2H3;1H/t8-,11+;/m0./s1. The number of fused-ring (bicyclic) bond motifs is 1. The molecular formula is C11H16ClNO. The summed E-state index contributed by atoms with van der Waals surface area (Å²) in [5.41, 5.74) is 2.69. The van der Waals surface area contributed by atoms with Crippen molar-refractivity contribution in [3.63, 3.8) is 0 Å². The molecule has 0 amide bonds. The maximum Gasteiger partial charge on any atom is 0.0801 e. The summed E-state index contributed by atoms with van der Waals surface area (Å²) in [6.07, 6.45) is 0.237. The second kappa shape index (κ2) is 4.78. The van der Waals surface area contributed by atoms with E-state index < -0.39 is 0 Å². The number of hydrogen-bond acceptors (Lipinski definition) is 2. The zero-order valence-electron chi connectivity index (χ0n) is 8.49. The van der Waals surface area contributed by atoms with Crippen LogP contribution in [-0.2, 0) is 4.74 Å². The molecule has 0 saturated carbocycles. The van der Waals surface area contributed by atoms with E-state index in [1.807, 2.05) is 7.05 Å². The van der Waals surface area contributed by atoms with E-state index in [4.69, 9.17) is 4.74 Å². The molecule has 0 bridgehead atoms. The van der Waals surface area contributed by atoms with Crippen LogP contribution < -0.4 is 5.32 Å². The molecule has 2 rings (SSSR count). The van der Waals surface area contributed by atoms with Crippen LogP contribution in [0.2, 0.25) is 0 Å². The quantitative estimate of drug-likeness (QED) is 0.774. The van der Waals surface area contributed by atoms with Crippen molar-refractivity contribution >= 4 is 12.4 Å². The highest BCUT2D eigenvalue weighted by Gasteiger charge is 2.23. The van der Waals surface area contributed by atoms with Crippen LogP contribution in [0.15, 0.2) is 24.3 Å². The van der Waals surface area contributed by atoms with Crippen molar-refractivity contribution in [2.24, 2.45) is 0 Å². The van der Waals surface area contributed by atoms with Gasteiger partial charge in [-0.2, -0.15) is 0 Å². The van der Waals surface area contributed by atoms with Gasteiger partial charge in [0.05, 0.1) is 18.8 Å². The fraction of sp³-hybridized carbons (Fsp3) is 0.455. The molecule has 78 valence electrons. The van der Waals surface area contributed by atoms with E-state index in [2.05, 4.69) is 36.5 Å². The van der Waals surface area contributed by atoms with Gasteiger partial charge in [0, 0.05) is 0 Å². The molecule has 2 atom stereocenters. The lowest BCUT2D eigenvalue weighted by Crippen LogP contribution is -2.28. The molecule has 0 saturated heterocycles. The van der Waals surface area contributed by atoms with Crippen LogP contribution in [0.3, 0.4) is 0 Å². The van der Waals surface area contributed by atoms with Crippen LogP contribution in [-0.4, -0.2) is 13.7 Å². The molecule has 1 aliphatic rings. The van der Waals surface area contributed by atoms with Gasteiger partial charge in [-0.25, -0.2) is 0 Å². The summed E-state index contributed by atoms with van der Waals surface area (Å²) >= 11 is 0. The van der Waals surface area contributed by atoms with E-state index in [-0.39, 0.29) is 18.5 Å². The summed E-state index contributed by atoms with van der Waals surface area (Å²) in [5, 5.41) is 3.26. The van der Waals surface area contributed by atoms with E-state index in [0.717, 1.165) is 6.61 Å². The lowest BCUT2D eigenvalue weighted by molar-refractivity contribution is 0.0346. The lowest BCUT2D eigenvalue weighted by atomic mass is 9.95. The first-order valence-corrected chi connectivity index (χ1v) is 4.70. The second-order valence-corrected chi connectivity index (χ2v) is 3.45. The van der Waals surface area contributed by atoms with Gasteiger partial charge in [0.25, 0.3) is 0 Å². The first-order valence-electron chi connectivity index (χ1n) is 4.70. The van der Waals surface area contributed by atoms with Gasteiger partial charge in [-0.05, 0) is 25.1 Å². The summed E-state index contributed by atoms with van der Waals surface area (Å²) in [7, 11) is 1.97. The van der Waals surface area contributed by atoms with Crippen molar-refractivity contribution in [3.8, 4) is 0 Å². The third kappa shape index (κ3) is 1.92. The van der Waals surface area contributed by atoms with Gasteiger partial charge < -0.3 is 10.1 Å². The fourth-order valence-corrected chi connectivity index (χ4v) is 1.86. The Morgan fingerprint density at radius 1 is 1.29 bits per heavy atom. The van der Waals surface area contributed by atoms with Crippen LogP contribution in [0.4, 0.5) is 0 Å². The summed E-state index contributed by atoms with van der Waals surface area (Å²) in [6.45, 7) is 2.87. The molecule has 1 aliphatic heterocycles. The highest BCUT2D eigenvalue weighted by atomic mass is 35.5. The molecule has 0 spiro atoms. The molecule has 0 aliphatic carbocycles. The SMILES string of the molecule is CN[C@@H]1CO[C@@H](C)c2ccccc21.Cl. The summed E-state index contributed by atoms with van der Waals surface area (Å²) in [6, 6.07) is 8.82. The largest absolute Gasteiger partial charge is 0.372 e. The first-order chi connectivity index (χ1) is 6.33. The summed E-state index contributed by atoms with van der Waals surface area (Å²) in [4.78, 5) is 0. The van der Waals surface area contributed by atoms with Crippen molar-refractivity contribution in [1.82, 2.24) is 5.32 Å². The number of likely N-dealkylation sites (N-methyl/N-ethyl adjacent to an activating group) is 1. The molecule has 1 N–H and O–H groups in total. The Kier molecular flexibility index (Phi) is 3.93. The van der Waals surface area contributed by atoms with Gasteiger partial charge in [0.2, 0.25) is 0 Å². The average Bonchev–Trinajstić information content (AvgIpc) is 2.19. The number of benzene rings is 1. The van der Waals surface area contributed by atoms with E-state index in [0.29, 0.717) is 6.04 Å². The normalized spacial score (nSPS) is 25.0. The van der Waals surface area contributed by atoms with E-state index in [1.54, 1.807) is 0 Å². The minimum Gasteiger partial charge on any atom is -0.372 e. The topological polar surface area (TPSA) is 21.3 Å². The Labute approximate surface area is 91.1 Å². The van der Waals surface area contributed by atoms with Crippen molar-refractivity contribution < 1.29 is 4.74 Å². The smallest absolute Gasteiger partial charge is 0.0801 e. The zero-order valence-corrected chi connectivity index (χ0v) is 9.30. The number of nitrogens with one attached hydrogen (secondary N) is 1. The molecule has 1 heterocycles. The Morgan fingerprint density at radius 2 is 1.93 bits per heavy atom. The van der Waals surface area contributed by atoms with E-state index in [9.17, 15) is 0 Å². The highest BCUT2D eigenvalue weighted by molar-refractivity contribution is 5.85. The number of halogens is 1.